The van der Waals surface area contributed by atoms with Crippen LogP contribution in [0.5, 0.6) is 5.75 Å². The van der Waals surface area contributed by atoms with Crippen LogP contribution in [-0.4, -0.2) is 25.1 Å². The monoisotopic (exact) mass is 348 g/mol. The number of para-hydroxylation sites is 1. The molecule has 0 radical (unpaired) electrons. The van der Waals surface area contributed by atoms with Crippen LogP contribution >= 0.6 is 12.4 Å². The number of hydrogen-bond acceptors (Lipinski definition) is 3. The predicted molar refractivity (Wildman–Crippen MR) is 87.1 cm³/mol. The van der Waals surface area contributed by atoms with E-state index in [-0.39, 0.29) is 36.1 Å². The second kappa shape index (κ2) is 9.67. The van der Waals surface area contributed by atoms with Gasteiger partial charge in [-0.2, -0.15) is 8.78 Å². The maximum absolute atomic E-state index is 12.5. The Kier molecular flexibility index (Phi) is 8.26. The van der Waals surface area contributed by atoms with Gasteiger partial charge in [0.2, 0.25) is 5.91 Å². The molecule has 1 saturated heterocycles. The number of nitrogens with one attached hydrogen (secondary N) is 2. The van der Waals surface area contributed by atoms with Gasteiger partial charge in [-0.3, -0.25) is 4.79 Å². The van der Waals surface area contributed by atoms with Crippen molar-refractivity contribution in [2.45, 2.75) is 51.3 Å². The first-order valence-corrected chi connectivity index (χ1v) is 7.66. The number of halogens is 3. The molecule has 0 spiro atoms. The quantitative estimate of drug-likeness (QED) is 0.793. The van der Waals surface area contributed by atoms with Crippen molar-refractivity contribution >= 4 is 18.3 Å². The van der Waals surface area contributed by atoms with E-state index in [9.17, 15) is 13.6 Å². The van der Waals surface area contributed by atoms with Crippen LogP contribution in [0.15, 0.2) is 24.3 Å². The summed E-state index contributed by atoms with van der Waals surface area (Å²) in [5.41, 5.74) is 0.582. The molecule has 0 saturated carbocycles. The number of amides is 1. The molecule has 0 bridgehead atoms. The van der Waals surface area contributed by atoms with Crippen LogP contribution in [0.2, 0.25) is 0 Å². The van der Waals surface area contributed by atoms with Crippen LogP contribution in [0, 0.1) is 0 Å². The Morgan fingerprint density at radius 3 is 2.78 bits per heavy atom. The summed E-state index contributed by atoms with van der Waals surface area (Å²) in [6.07, 6.45) is 3.09. The van der Waals surface area contributed by atoms with Crippen molar-refractivity contribution in [2.75, 3.05) is 6.54 Å². The van der Waals surface area contributed by atoms with E-state index in [0.717, 1.165) is 19.4 Å². The number of carbonyl (C=O) groups excluding carboxylic acids is 1. The molecule has 1 amide bonds. The molecule has 1 aromatic rings. The minimum atomic E-state index is -2.88. The number of hydrogen-bond donors (Lipinski definition) is 2. The van der Waals surface area contributed by atoms with Crippen LogP contribution in [-0.2, 0) is 4.79 Å². The van der Waals surface area contributed by atoms with Crippen LogP contribution in [0.3, 0.4) is 0 Å². The van der Waals surface area contributed by atoms with Crippen molar-refractivity contribution in [3.8, 4) is 5.75 Å². The predicted octanol–water partition coefficient (Wildman–Crippen LogP) is 3.42. The average Bonchev–Trinajstić information content (AvgIpc) is 2.98. The van der Waals surface area contributed by atoms with Crippen molar-refractivity contribution in [3.05, 3.63) is 29.8 Å². The molecule has 2 atom stereocenters. The summed E-state index contributed by atoms with van der Waals surface area (Å²) < 4.78 is 29.5. The molecule has 130 valence electrons. The topological polar surface area (TPSA) is 50.4 Å². The molecule has 7 heteroatoms. The summed E-state index contributed by atoms with van der Waals surface area (Å²) in [5, 5.41) is 6.19. The number of carbonyl (C=O) groups is 1. The summed E-state index contributed by atoms with van der Waals surface area (Å²) in [5.74, 6) is 0.0433. The SMILES string of the molecule is CCC(NC(=O)CC1CCCN1)c1ccccc1OC(F)F.Cl. The minimum Gasteiger partial charge on any atom is -0.434 e. The second-order valence-corrected chi connectivity index (χ2v) is 5.44. The largest absolute Gasteiger partial charge is 0.434 e. The van der Waals surface area contributed by atoms with Crippen molar-refractivity contribution in [1.82, 2.24) is 10.6 Å². The lowest BCUT2D eigenvalue weighted by atomic mass is 10.0. The molecule has 0 aliphatic carbocycles. The smallest absolute Gasteiger partial charge is 0.387 e. The van der Waals surface area contributed by atoms with Gasteiger partial charge in [0.25, 0.3) is 0 Å². The highest BCUT2D eigenvalue weighted by Crippen LogP contribution is 2.28. The molecule has 1 heterocycles. The average molecular weight is 349 g/mol. The Balaban J connectivity index is 0.00000264. The van der Waals surface area contributed by atoms with Crippen LogP contribution < -0.4 is 15.4 Å². The molecule has 1 aliphatic heterocycles. The zero-order valence-corrected chi connectivity index (χ0v) is 13.9. The van der Waals surface area contributed by atoms with Crippen LogP contribution in [0.1, 0.15) is 44.2 Å². The third-order valence-corrected chi connectivity index (χ3v) is 3.85. The molecule has 4 nitrogen and oxygen atoms in total. The van der Waals surface area contributed by atoms with Gasteiger partial charge in [0.15, 0.2) is 0 Å². The molecule has 1 aliphatic rings. The summed E-state index contributed by atoms with van der Waals surface area (Å²) >= 11 is 0. The first-order chi connectivity index (χ1) is 10.6. The zero-order chi connectivity index (χ0) is 15.9. The van der Waals surface area contributed by atoms with Crippen molar-refractivity contribution in [2.24, 2.45) is 0 Å². The van der Waals surface area contributed by atoms with E-state index in [0.29, 0.717) is 18.4 Å². The van der Waals surface area contributed by atoms with E-state index in [1.165, 1.54) is 6.07 Å². The van der Waals surface area contributed by atoms with Crippen molar-refractivity contribution < 1.29 is 18.3 Å². The van der Waals surface area contributed by atoms with Gasteiger partial charge in [-0.25, -0.2) is 0 Å². The maximum atomic E-state index is 12.5. The van der Waals surface area contributed by atoms with E-state index in [1.807, 2.05) is 6.92 Å². The second-order valence-electron chi connectivity index (χ2n) is 5.44. The minimum absolute atomic E-state index is 0. The highest BCUT2D eigenvalue weighted by molar-refractivity contribution is 5.85. The Labute approximate surface area is 141 Å². The fourth-order valence-electron chi connectivity index (χ4n) is 2.78. The van der Waals surface area contributed by atoms with E-state index in [2.05, 4.69) is 15.4 Å². The third-order valence-electron chi connectivity index (χ3n) is 3.85. The van der Waals surface area contributed by atoms with Crippen LogP contribution in [0.4, 0.5) is 8.78 Å². The van der Waals surface area contributed by atoms with E-state index in [1.54, 1.807) is 18.2 Å². The molecule has 1 aromatic carbocycles. The highest BCUT2D eigenvalue weighted by Gasteiger charge is 2.22. The fourth-order valence-corrected chi connectivity index (χ4v) is 2.78. The number of alkyl halides is 2. The number of benzene rings is 1. The Morgan fingerprint density at radius 1 is 1.43 bits per heavy atom. The molecular formula is C16H23ClF2N2O2. The Morgan fingerprint density at radius 2 is 2.17 bits per heavy atom. The zero-order valence-electron chi connectivity index (χ0n) is 13.1. The molecule has 2 unspecified atom stereocenters. The van der Waals surface area contributed by atoms with Gasteiger partial charge in [-0.05, 0) is 31.9 Å². The fraction of sp³-hybridized carbons (Fsp3) is 0.562. The van der Waals surface area contributed by atoms with Gasteiger partial charge in [0.1, 0.15) is 5.75 Å². The van der Waals surface area contributed by atoms with E-state index < -0.39 is 6.61 Å². The molecule has 0 aromatic heterocycles. The lowest BCUT2D eigenvalue weighted by Crippen LogP contribution is -2.34. The third kappa shape index (κ3) is 5.95. The Hall–Kier alpha value is -1.40. The first-order valence-electron chi connectivity index (χ1n) is 7.66. The van der Waals surface area contributed by atoms with Crippen molar-refractivity contribution in [1.29, 1.82) is 0 Å². The van der Waals surface area contributed by atoms with Gasteiger partial charge < -0.3 is 15.4 Å². The van der Waals surface area contributed by atoms with E-state index >= 15 is 0 Å². The van der Waals surface area contributed by atoms with Crippen LogP contribution in [0.25, 0.3) is 0 Å². The summed E-state index contributed by atoms with van der Waals surface area (Å²) in [4.78, 5) is 12.1. The first kappa shape index (κ1) is 19.6. The molecular weight excluding hydrogens is 326 g/mol. The molecule has 2 rings (SSSR count). The number of rotatable bonds is 7. The molecule has 1 fully saturated rings. The van der Waals surface area contributed by atoms with Gasteiger partial charge in [-0.1, -0.05) is 25.1 Å². The summed E-state index contributed by atoms with van der Waals surface area (Å²) in [6, 6.07) is 6.47. The maximum Gasteiger partial charge on any atom is 0.387 e. The highest BCUT2D eigenvalue weighted by atomic mass is 35.5. The van der Waals surface area contributed by atoms with Crippen molar-refractivity contribution in [3.63, 3.8) is 0 Å². The summed E-state index contributed by atoms with van der Waals surface area (Å²) in [7, 11) is 0. The normalized spacial score (nSPS) is 18.3. The summed E-state index contributed by atoms with van der Waals surface area (Å²) in [6.45, 7) is -0.0324. The lowest BCUT2D eigenvalue weighted by Gasteiger charge is -2.21. The number of ether oxygens (including phenoxy) is 1. The molecule has 2 N–H and O–H groups in total. The van der Waals surface area contributed by atoms with Gasteiger partial charge in [0.05, 0.1) is 6.04 Å². The van der Waals surface area contributed by atoms with Gasteiger partial charge >= 0.3 is 6.61 Å². The Bertz CT molecular complexity index is 497. The van der Waals surface area contributed by atoms with Gasteiger partial charge in [0, 0.05) is 18.0 Å². The lowest BCUT2D eigenvalue weighted by molar-refractivity contribution is -0.122. The van der Waals surface area contributed by atoms with E-state index in [4.69, 9.17) is 0 Å². The standard InChI is InChI=1S/C16H22F2N2O2.ClH/c1-2-13(20-15(21)10-11-6-5-9-19-11)12-7-3-4-8-14(12)22-16(17)18;/h3-4,7-8,11,13,16,19H,2,5-6,9-10H2,1H3,(H,20,21);1H. The van der Waals surface area contributed by atoms with Gasteiger partial charge in [-0.15, -0.1) is 12.4 Å². The molecule has 23 heavy (non-hydrogen) atoms.